The zero-order valence-electron chi connectivity index (χ0n) is 13.8. The van der Waals surface area contributed by atoms with Crippen LogP contribution < -0.4 is 5.32 Å². The molecular weight excluding hydrogens is 258 g/mol. The van der Waals surface area contributed by atoms with Crippen LogP contribution in [-0.2, 0) is 0 Å². The number of rotatable bonds is 5. The third-order valence-corrected chi connectivity index (χ3v) is 6.80. The van der Waals surface area contributed by atoms with Crippen molar-refractivity contribution in [2.24, 2.45) is 5.41 Å². The molecule has 0 spiro atoms. The van der Waals surface area contributed by atoms with Crippen molar-refractivity contribution in [2.45, 2.75) is 75.9 Å². The van der Waals surface area contributed by atoms with E-state index < -0.39 is 0 Å². The zero-order chi connectivity index (χ0) is 14.3. The molecule has 4 fully saturated rings. The lowest BCUT2D eigenvalue weighted by Crippen LogP contribution is -2.46. The fourth-order valence-electron chi connectivity index (χ4n) is 5.16. The number of nitrogens with one attached hydrogen (secondary N) is 1. The van der Waals surface area contributed by atoms with Crippen molar-refractivity contribution in [3.8, 4) is 0 Å². The lowest BCUT2D eigenvalue weighted by Gasteiger charge is -2.36. The molecule has 2 saturated carbocycles. The Bertz CT molecular complexity index is 359. The number of fused-ring (bicyclic) bond motifs is 2. The second-order valence-electron chi connectivity index (χ2n) is 8.44. The van der Waals surface area contributed by atoms with Crippen LogP contribution in [-0.4, -0.2) is 61.2 Å². The van der Waals surface area contributed by atoms with E-state index in [-0.39, 0.29) is 0 Å². The second-order valence-corrected chi connectivity index (χ2v) is 8.44. The molecule has 21 heavy (non-hydrogen) atoms. The minimum atomic E-state index is 0.602. The molecule has 1 N–H and O–H groups in total. The Morgan fingerprint density at radius 2 is 1.76 bits per heavy atom. The molecule has 4 aliphatic rings. The molecule has 2 saturated heterocycles. The maximum atomic E-state index is 3.85. The first-order valence-corrected chi connectivity index (χ1v) is 9.42. The molecule has 2 aliphatic heterocycles. The van der Waals surface area contributed by atoms with Crippen LogP contribution >= 0.6 is 0 Å². The summed E-state index contributed by atoms with van der Waals surface area (Å²) < 4.78 is 0. The smallest absolute Gasteiger partial charge is 0.0223 e. The van der Waals surface area contributed by atoms with Crippen LogP contribution in [0.4, 0.5) is 0 Å². The van der Waals surface area contributed by atoms with E-state index in [0.717, 1.165) is 18.1 Å². The quantitative estimate of drug-likeness (QED) is 0.839. The second kappa shape index (κ2) is 5.82. The number of likely N-dealkylation sites (N-methyl/N-ethyl adjacent to an activating group) is 1. The van der Waals surface area contributed by atoms with E-state index in [1.807, 2.05) is 0 Å². The Morgan fingerprint density at radius 1 is 1.00 bits per heavy atom. The fourth-order valence-corrected chi connectivity index (χ4v) is 5.16. The summed E-state index contributed by atoms with van der Waals surface area (Å²) in [6.07, 6.45) is 13.0. The van der Waals surface area contributed by atoms with Crippen LogP contribution in [0.3, 0.4) is 0 Å². The highest BCUT2D eigenvalue weighted by Crippen LogP contribution is 2.40. The van der Waals surface area contributed by atoms with Crippen molar-refractivity contribution in [1.29, 1.82) is 0 Å². The maximum absolute atomic E-state index is 3.85. The van der Waals surface area contributed by atoms with Gasteiger partial charge >= 0.3 is 0 Å². The van der Waals surface area contributed by atoms with E-state index in [0.29, 0.717) is 5.41 Å². The zero-order valence-corrected chi connectivity index (χ0v) is 13.8. The van der Waals surface area contributed by atoms with E-state index in [1.165, 1.54) is 84.0 Å². The summed E-state index contributed by atoms with van der Waals surface area (Å²) >= 11 is 0. The van der Waals surface area contributed by atoms with E-state index >= 15 is 0 Å². The van der Waals surface area contributed by atoms with Crippen LogP contribution in [0.1, 0.15) is 57.8 Å². The summed E-state index contributed by atoms with van der Waals surface area (Å²) in [6, 6.07) is 2.59. The van der Waals surface area contributed by atoms with Crippen molar-refractivity contribution >= 4 is 0 Å². The molecule has 2 heterocycles. The Morgan fingerprint density at radius 3 is 2.52 bits per heavy atom. The Balaban J connectivity index is 1.38. The van der Waals surface area contributed by atoms with Crippen LogP contribution in [0, 0.1) is 5.41 Å². The van der Waals surface area contributed by atoms with Gasteiger partial charge in [-0.1, -0.05) is 12.8 Å². The van der Waals surface area contributed by atoms with Gasteiger partial charge in [-0.15, -0.1) is 0 Å². The van der Waals surface area contributed by atoms with Crippen LogP contribution in [0.5, 0.6) is 0 Å². The van der Waals surface area contributed by atoms with Crippen molar-refractivity contribution in [2.75, 3.05) is 33.2 Å². The monoisotopic (exact) mass is 291 g/mol. The standard InChI is InChI=1S/C18H33N3/c1-20-16-6-7-17(20)12-21(11-8-16)14-18(9-2-3-10-18)13-19-15-4-5-15/h15-17,19H,2-14H2,1H3. The third-order valence-electron chi connectivity index (χ3n) is 6.80. The number of hydrogen-bond acceptors (Lipinski definition) is 3. The van der Waals surface area contributed by atoms with Gasteiger partial charge in [0.05, 0.1) is 0 Å². The van der Waals surface area contributed by atoms with Gasteiger partial charge in [-0.25, -0.2) is 0 Å². The van der Waals surface area contributed by atoms with Crippen LogP contribution in [0.15, 0.2) is 0 Å². The summed E-state index contributed by atoms with van der Waals surface area (Å²) in [4.78, 5) is 5.52. The van der Waals surface area contributed by atoms with Gasteiger partial charge in [-0.2, -0.15) is 0 Å². The lowest BCUT2D eigenvalue weighted by molar-refractivity contribution is 0.136. The molecule has 0 aromatic rings. The molecule has 3 heteroatoms. The first-order valence-electron chi connectivity index (χ1n) is 9.42. The van der Waals surface area contributed by atoms with Gasteiger partial charge in [0, 0.05) is 37.8 Å². The first-order chi connectivity index (χ1) is 10.2. The summed E-state index contributed by atoms with van der Waals surface area (Å²) in [5.74, 6) is 0. The molecular formula is C18H33N3. The summed E-state index contributed by atoms with van der Waals surface area (Å²) in [7, 11) is 2.37. The highest BCUT2D eigenvalue weighted by atomic mass is 15.3. The Kier molecular flexibility index (Phi) is 4.01. The Labute approximate surface area is 130 Å². The fraction of sp³-hybridized carbons (Fsp3) is 1.00. The van der Waals surface area contributed by atoms with Gasteiger partial charge in [-0.3, -0.25) is 4.90 Å². The summed E-state index contributed by atoms with van der Waals surface area (Å²) in [6.45, 7) is 5.33. The molecule has 120 valence electrons. The molecule has 4 rings (SSSR count). The lowest BCUT2D eigenvalue weighted by atomic mass is 9.85. The number of hydrogen-bond donors (Lipinski definition) is 1. The molecule has 2 bridgehead atoms. The predicted octanol–water partition coefficient (Wildman–Crippen LogP) is 2.47. The van der Waals surface area contributed by atoms with E-state index in [2.05, 4.69) is 22.2 Å². The predicted molar refractivity (Wildman–Crippen MR) is 87.6 cm³/mol. The Hall–Kier alpha value is -0.120. The van der Waals surface area contributed by atoms with Crippen molar-refractivity contribution in [1.82, 2.24) is 15.1 Å². The van der Waals surface area contributed by atoms with Gasteiger partial charge in [0.15, 0.2) is 0 Å². The van der Waals surface area contributed by atoms with Crippen LogP contribution in [0.2, 0.25) is 0 Å². The molecule has 2 unspecified atom stereocenters. The SMILES string of the molecule is CN1C2CCC1CN(CC1(CNC3CC3)CCCC1)CC2. The van der Waals surface area contributed by atoms with Crippen molar-refractivity contribution < 1.29 is 0 Å². The molecule has 0 aromatic heterocycles. The minimum absolute atomic E-state index is 0.602. The van der Waals surface area contributed by atoms with Crippen LogP contribution in [0.25, 0.3) is 0 Å². The molecule has 2 aliphatic carbocycles. The molecule has 0 amide bonds. The van der Waals surface area contributed by atoms with Gasteiger partial charge in [0.1, 0.15) is 0 Å². The largest absolute Gasteiger partial charge is 0.313 e. The molecule has 2 atom stereocenters. The topological polar surface area (TPSA) is 18.5 Å². The maximum Gasteiger partial charge on any atom is 0.0223 e. The van der Waals surface area contributed by atoms with E-state index in [1.54, 1.807) is 0 Å². The highest BCUT2D eigenvalue weighted by molar-refractivity contribution is 4.96. The van der Waals surface area contributed by atoms with Gasteiger partial charge in [-0.05, 0) is 64.0 Å². The van der Waals surface area contributed by atoms with E-state index in [9.17, 15) is 0 Å². The highest BCUT2D eigenvalue weighted by Gasteiger charge is 2.40. The first kappa shape index (κ1) is 14.5. The average Bonchev–Trinajstić information content (AvgIpc) is 3.12. The molecule has 3 nitrogen and oxygen atoms in total. The summed E-state index contributed by atoms with van der Waals surface area (Å²) in [5.41, 5.74) is 0.602. The van der Waals surface area contributed by atoms with Gasteiger partial charge < -0.3 is 10.2 Å². The average molecular weight is 291 g/mol. The molecule has 0 radical (unpaired) electrons. The van der Waals surface area contributed by atoms with Crippen molar-refractivity contribution in [3.05, 3.63) is 0 Å². The third kappa shape index (κ3) is 3.16. The summed E-state index contributed by atoms with van der Waals surface area (Å²) in [5, 5.41) is 3.85. The van der Waals surface area contributed by atoms with E-state index in [4.69, 9.17) is 0 Å². The number of nitrogens with zero attached hydrogens (tertiary/aromatic N) is 2. The van der Waals surface area contributed by atoms with Gasteiger partial charge in [0.2, 0.25) is 0 Å². The number of likely N-dealkylation sites (tertiary alicyclic amines) is 1. The normalized spacial score (nSPS) is 37.0. The van der Waals surface area contributed by atoms with Crippen molar-refractivity contribution in [3.63, 3.8) is 0 Å². The van der Waals surface area contributed by atoms with Gasteiger partial charge in [0.25, 0.3) is 0 Å². The minimum Gasteiger partial charge on any atom is -0.313 e. The molecule has 0 aromatic carbocycles.